The van der Waals surface area contributed by atoms with Crippen molar-refractivity contribution in [3.63, 3.8) is 0 Å². The summed E-state index contributed by atoms with van der Waals surface area (Å²) in [5.41, 5.74) is 0.184. The normalized spacial score (nSPS) is 26.2. The average molecular weight is 296 g/mol. The summed E-state index contributed by atoms with van der Waals surface area (Å²) in [5, 5.41) is 12.9. The maximum absolute atomic E-state index is 11.3. The number of carbonyl (C=O) groups is 1. The Bertz CT molecular complexity index is 523. The minimum absolute atomic E-state index is 0.184. The summed E-state index contributed by atoms with van der Waals surface area (Å²) in [4.78, 5) is 17.9. The number of aromatic carboxylic acids is 1. The van der Waals surface area contributed by atoms with Crippen LogP contribution in [0.1, 0.15) is 36.0 Å². The summed E-state index contributed by atoms with van der Waals surface area (Å²) in [6.07, 6.45) is 4.70. The van der Waals surface area contributed by atoms with Gasteiger partial charge in [-0.15, -0.1) is 0 Å². The van der Waals surface area contributed by atoms with E-state index in [4.69, 9.17) is 11.6 Å². The molecule has 0 bridgehead atoms. The summed E-state index contributed by atoms with van der Waals surface area (Å²) < 4.78 is 0. The minimum Gasteiger partial charge on any atom is -0.478 e. The summed E-state index contributed by atoms with van der Waals surface area (Å²) in [5.74, 6) is -0.586. The first-order valence-electron chi connectivity index (χ1n) is 7.05. The third-order valence-electron chi connectivity index (χ3n) is 4.27. The van der Waals surface area contributed by atoms with Crippen LogP contribution in [0.15, 0.2) is 12.1 Å². The second-order valence-corrected chi connectivity index (χ2v) is 5.86. The molecule has 2 unspecified atom stereocenters. The smallest absolute Gasteiger partial charge is 0.339 e. The predicted octanol–water partition coefficient (Wildman–Crippen LogP) is 2.47. The highest BCUT2D eigenvalue weighted by atomic mass is 35.5. The van der Waals surface area contributed by atoms with Gasteiger partial charge in [0, 0.05) is 18.6 Å². The van der Waals surface area contributed by atoms with E-state index < -0.39 is 5.97 Å². The Morgan fingerprint density at radius 3 is 3.00 bits per heavy atom. The molecule has 20 heavy (non-hydrogen) atoms. The van der Waals surface area contributed by atoms with Crippen LogP contribution in [0.3, 0.4) is 0 Å². The Morgan fingerprint density at radius 2 is 2.20 bits per heavy atom. The molecule has 0 radical (unpaired) electrons. The maximum atomic E-state index is 11.3. The Kier molecular flexibility index (Phi) is 3.81. The van der Waals surface area contributed by atoms with Crippen LogP contribution in [0.5, 0.6) is 0 Å². The standard InChI is InChI=1S/C14H18ClN3O2/c15-12-5-4-9(14(19)20)13(17-12)16-10-6-8-18-7-2-1-3-11(10)18/h4-5,10-11H,1-3,6-8H2,(H,16,17)(H,19,20). The SMILES string of the molecule is O=C(O)c1ccc(Cl)nc1NC1CCN2CCCCC12. The van der Waals surface area contributed by atoms with E-state index in [2.05, 4.69) is 15.2 Å². The zero-order chi connectivity index (χ0) is 14.1. The number of piperidine rings is 1. The summed E-state index contributed by atoms with van der Waals surface area (Å²) in [6.45, 7) is 2.23. The molecule has 2 fully saturated rings. The number of carboxylic acid groups (broad SMARTS) is 1. The van der Waals surface area contributed by atoms with Gasteiger partial charge in [-0.3, -0.25) is 4.90 Å². The van der Waals surface area contributed by atoms with Crippen LogP contribution in [-0.4, -0.2) is 46.1 Å². The lowest BCUT2D eigenvalue weighted by Gasteiger charge is -2.32. The first kappa shape index (κ1) is 13.6. The molecular weight excluding hydrogens is 278 g/mol. The predicted molar refractivity (Wildman–Crippen MR) is 77.4 cm³/mol. The number of carboxylic acids is 1. The number of hydrogen-bond acceptors (Lipinski definition) is 4. The molecule has 3 heterocycles. The number of pyridine rings is 1. The van der Waals surface area contributed by atoms with Gasteiger partial charge >= 0.3 is 5.97 Å². The lowest BCUT2D eigenvalue weighted by molar-refractivity contribution is 0.0697. The molecule has 108 valence electrons. The molecule has 2 aliphatic rings. The van der Waals surface area contributed by atoms with E-state index in [0.717, 1.165) is 19.5 Å². The van der Waals surface area contributed by atoms with Crippen molar-refractivity contribution in [2.45, 2.75) is 37.8 Å². The van der Waals surface area contributed by atoms with Gasteiger partial charge in [0.1, 0.15) is 16.5 Å². The van der Waals surface area contributed by atoms with Crippen LogP contribution in [0.25, 0.3) is 0 Å². The van der Waals surface area contributed by atoms with Gasteiger partial charge in [0.25, 0.3) is 0 Å². The molecule has 2 atom stereocenters. The van der Waals surface area contributed by atoms with E-state index in [-0.39, 0.29) is 11.6 Å². The van der Waals surface area contributed by atoms with Gasteiger partial charge < -0.3 is 10.4 Å². The number of aromatic nitrogens is 1. The minimum atomic E-state index is -0.977. The third-order valence-corrected chi connectivity index (χ3v) is 4.48. The number of anilines is 1. The second kappa shape index (κ2) is 5.58. The molecule has 0 aliphatic carbocycles. The van der Waals surface area contributed by atoms with Crippen LogP contribution in [0, 0.1) is 0 Å². The zero-order valence-electron chi connectivity index (χ0n) is 11.2. The zero-order valence-corrected chi connectivity index (χ0v) is 11.9. The van der Waals surface area contributed by atoms with E-state index in [1.54, 1.807) is 0 Å². The van der Waals surface area contributed by atoms with Crippen molar-refractivity contribution in [1.29, 1.82) is 0 Å². The number of nitrogens with one attached hydrogen (secondary N) is 1. The van der Waals surface area contributed by atoms with Crippen LogP contribution >= 0.6 is 11.6 Å². The number of hydrogen-bond donors (Lipinski definition) is 2. The van der Waals surface area contributed by atoms with Gasteiger partial charge in [-0.1, -0.05) is 18.0 Å². The summed E-state index contributed by atoms with van der Waals surface area (Å²) >= 11 is 5.89. The van der Waals surface area contributed by atoms with Crippen molar-refractivity contribution < 1.29 is 9.90 Å². The molecule has 0 aromatic carbocycles. The highest BCUT2D eigenvalue weighted by Crippen LogP contribution is 2.30. The Hall–Kier alpha value is -1.33. The van der Waals surface area contributed by atoms with Gasteiger partial charge in [0.2, 0.25) is 0 Å². The molecule has 1 aromatic rings. The summed E-state index contributed by atoms with van der Waals surface area (Å²) in [7, 11) is 0. The van der Waals surface area contributed by atoms with Crippen molar-refractivity contribution in [3.8, 4) is 0 Å². The van der Waals surface area contributed by atoms with Crippen LogP contribution in [0.2, 0.25) is 5.15 Å². The van der Waals surface area contributed by atoms with Gasteiger partial charge in [-0.25, -0.2) is 9.78 Å². The van der Waals surface area contributed by atoms with Gasteiger partial charge in [0.15, 0.2) is 0 Å². The molecule has 2 aliphatic heterocycles. The van der Waals surface area contributed by atoms with E-state index in [9.17, 15) is 9.90 Å². The first-order chi connectivity index (χ1) is 9.65. The second-order valence-electron chi connectivity index (χ2n) is 5.47. The van der Waals surface area contributed by atoms with E-state index in [1.807, 2.05) is 0 Å². The fourth-order valence-corrected chi connectivity index (χ4v) is 3.46. The molecule has 0 saturated carbocycles. The molecule has 3 rings (SSSR count). The van der Waals surface area contributed by atoms with Gasteiger partial charge in [-0.2, -0.15) is 0 Å². The molecule has 0 amide bonds. The van der Waals surface area contributed by atoms with Gasteiger partial charge in [0.05, 0.1) is 0 Å². The molecule has 5 nitrogen and oxygen atoms in total. The highest BCUT2D eigenvalue weighted by Gasteiger charge is 2.36. The number of fused-ring (bicyclic) bond motifs is 1. The van der Waals surface area contributed by atoms with Crippen LogP contribution < -0.4 is 5.32 Å². The molecule has 6 heteroatoms. The lowest BCUT2D eigenvalue weighted by atomic mass is 9.99. The monoisotopic (exact) mass is 295 g/mol. The van der Waals surface area contributed by atoms with Crippen molar-refractivity contribution in [1.82, 2.24) is 9.88 Å². The fraction of sp³-hybridized carbons (Fsp3) is 0.571. The van der Waals surface area contributed by atoms with E-state index in [1.165, 1.54) is 31.4 Å². The van der Waals surface area contributed by atoms with Crippen molar-refractivity contribution >= 4 is 23.4 Å². The largest absolute Gasteiger partial charge is 0.478 e. The molecular formula is C14H18ClN3O2. The quantitative estimate of drug-likeness (QED) is 0.839. The first-order valence-corrected chi connectivity index (χ1v) is 7.43. The number of rotatable bonds is 3. The molecule has 0 spiro atoms. The topological polar surface area (TPSA) is 65.5 Å². The summed E-state index contributed by atoms with van der Waals surface area (Å²) in [6, 6.07) is 3.77. The van der Waals surface area contributed by atoms with Crippen molar-refractivity contribution in [3.05, 3.63) is 22.8 Å². The highest BCUT2D eigenvalue weighted by molar-refractivity contribution is 6.29. The molecule has 1 aromatic heterocycles. The van der Waals surface area contributed by atoms with E-state index in [0.29, 0.717) is 17.0 Å². The van der Waals surface area contributed by atoms with Crippen LogP contribution in [0.4, 0.5) is 5.82 Å². The Morgan fingerprint density at radius 1 is 1.35 bits per heavy atom. The number of nitrogens with zero attached hydrogens (tertiary/aromatic N) is 2. The van der Waals surface area contributed by atoms with Crippen molar-refractivity contribution in [2.75, 3.05) is 18.4 Å². The van der Waals surface area contributed by atoms with Crippen molar-refractivity contribution in [2.24, 2.45) is 0 Å². The molecule has 2 N–H and O–H groups in total. The Balaban J connectivity index is 1.80. The third kappa shape index (κ3) is 2.60. The Labute approximate surface area is 122 Å². The van der Waals surface area contributed by atoms with E-state index >= 15 is 0 Å². The molecule has 2 saturated heterocycles. The maximum Gasteiger partial charge on any atom is 0.339 e. The average Bonchev–Trinajstić information content (AvgIpc) is 2.82. The number of halogens is 1. The van der Waals surface area contributed by atoms with Crippen LogP contribution in [-0.2, 0) is 0 Å². The fourth-order valence-electron chi connectivity index (χ4n) is 3.31. The van der Waals surface area contributed by atoms with Gasteiger partial charge in [-0.05, 0) is 37.9 Å². The lowest BCUT2D eigenvalue weighted by Crippen LogP contribution is -2.42.